The van der Waals surface area contributed by atoms with Crippen LogP contribution in [0.1, 0.15) is 29.2 Å². The Morgan fingerprint density at radius 1 is 0.846 bits per heavy atom. The Bertz CT molecular complexity index is 1080. The molecule has 0 aliphatic heterocycles. The van der Waals surface area contributed by atoms with E-state index in [1.807, 2.05) is 6.20 Å². The quantitative estimate of drug-likeness (QED) is 0.530. The molecule has 2 aromatic heterocycles. The van der Waals surface area contributed by atoms with E-state index in [1.165, 1.54) is 22.3 Å². The van der Waals surface area contributed by atoms with Crippen LogP contribution in [0.5, 0.6) is 0 Å². The number of hydrogen-bond donors (Lipinski definition) is 1. The molecule has 0 saturated carbocycles. The van der Waals surface area contributed by atoms with E-state index in [0.29, 0.717) is 5.82 Å². The molecule has 0 atom stereocenters. The molecule has 4 aromatic rings. The third kappa shape index (κ3) is 3.13. The normalized spacial score (nSPS) is 11.3. The van der Waals surface area contributed by atoms with Crippen LogP contribution in [-0.4, -0.2) is 9.97 Å². The van der Waals surface area contributed by atoms with Crippen molar-refractivity contribution < 1.29 is 0 Å². The summed E-state index contributed by atoms with van der Waals surface area (Å²) in [5.74, 6) is 0.500. The number of aromatic nitrogens is 2. The summed E-state index contributed by atoms with van der Waals surface area (Å²) in [7, 11) is 0. The third-order valence-corrected chi connectivity index (χ3v) is 5.00. The van der Waals surface area contributed by atoms with Crippen molar-refractivity contribution in [2.75, 3.05) is 5.73 Å². The molecule has 2 N–H and O–H groups in total. The van der Waals surface area contributed by atoms with Crippen LogP contribution in [0, 0.1) is 6.92 Å². The van der Waals surface area contributed by atoms with E-state index in [4.69, 9.17) is 5.73 Å². The van der Waals surface area contributed by atoms with E-state index < -0.39 is 0 Å². The van der Waals surface area contributed by atoms with Gasteiger partial charge < -0.3 is 5.73 Å². The molecule has 0 unspecified atom stereocenters. The van der Waals surface area contributed by atoms with Crippen LogP contribution in [0.2, 0.25) is 0 Å². The van der Waals surface area contributed by atoms with Gasteiger partial charge in [0.25, 0.3) is 0 Å². The molecule has 0 aliphatic rings. The van der Waals surface area contributed by atoms with Crippen LogP contribution in [0.3, 0.4) is 0 Å². The first kappa shape index (κ1) is 16.5. The van der Waals surface area contributed by atoms with Crippen LogP contribution in [0.25, 0.3) is 21.8 Å². The first-order valence-electron chi connectivity index (χ1n) is 9.16. The van der Waals surface area contributed by atoms with Gasteiger partial charge in [-0.2, -0.15) is 0 Å². The number of nitrogens with zero attached hydrogens (tertiary/aromatic N) is 2. The van der Waals surface area contributed by atoms with E-state index in [-0.39, 0.29) is 0 Å². The molecule has 0 amide bonds. The predicted octanol–water partition coefficient (Wildman–Crippen LogP) is 5.02. The molecule has 0 aliphatic carbocycles. The van der Waals surface area contributed by atoms with Crippen molar-refractivity contribution in [3.05, 3.63) is 77.0 Å². The standard InChI is InChI=1S/C23H23N3/c1-3-16-5-7-17(8-6-16)9-10-18-13-20-19-11-4-15(2)12-21(19)26-23(24)22(20)25-14-18/h4-8,11-14H,3,9-10H2,1-2H3,(H2,24,26). The maximum absolute atomic E-state index is 6.14. The van der Waals surface area contributed by atoms with Gasteiger partial charge in [-0.25, -0.2) is 4.98 Å². The van der Waals surface area contributed by atoms with Gasteiger partial charge in [-0.3, -0.25) is 4.98 Å². The Morgan fingerprint density at radius 2 is 1.58 bits per heavy atom. The van der Waals surface area contributed by atoms with Gasteiger partial charge in [0, 0.05) is 17.0 Å². The van der Waals surface area contributed by atoms with Gasteiger partial charge >= 0.3 is 0 Å². The second kappa shape index (κ2) is 6.75. The van der Waals surface area contributed by atoms with Gasteiger partial charge in [-0.05, 0) is 60.6 Å². The molecule has 4 rings (SSSR count). The van der Waals surface area contributed by atoms with E-state index in [2.05, 4.69) is 72.3 Å². The van der Waals surface area contributed by atoms with E-state index >= 15 is 0 Å². The largest absolute Gasteiger partial charge is 0.382 e. The Hall–Kier alpha value is -2.94. The number of benzene rings is 2. The number of nitrogens with two attached hydrogens (primary N) is 1. The molecule has 0 saturated heterocycles. The zero-order chi connectivity index (χ0) is 18.1. The van der Waals surface area contributed by atoms with Gasteiger partial charge in [0.1, 0.15) is 5.52 Å². The molecule has 3 heteroatoms. The fraction of sp³-hybridized carbons (Fsp3) is 0.217. The molecule has 3 nitrogen and oxygen atoms in total. The second-order valence-corrected chi connectivity index (χ2v) is 6.93. The van der Waals surface area contributed by atoms with Gasteiger partial charge in [-0.1, -0.05) is 43.3 Å². The lowest BCUT2D eigenvalue weighted by Gasteiger charge is -2.09. The summed E-state index contributed by atoms with van der Waals surface area (Å²) in [6, 6.07) is 17.4. The number of aryl methyl sites for hydroxylation is 4. The van der Waals surface area contributed by atoms with Crippen LogP contribution in [0.15, 0.2) is 54.7 Å². The highest BCUT2D eigenvalue weighted by molar-refractivity contribution is 6.08. The highest BCUT2D eigenvalue weighted by Crippen LogP contribution is 2.28. The lowest BCUT2D eigenvalue weighted by molar-refractivity contribution is 0.952. The lowest BCUT2D eigenvalue weighted by Crippen LogP contribution is -1.98. The maximum Gasteiger partial charge on any atom is 0.150 e. The van der Waals surface area contributed by atoms with E-state index in [0.717, 1.165) is 41.1 Å². The maximum atomic E-state index is 6.14. The van der Waals surface area contributed by atoms with Gasteiger partial charge in [0.15, 0.2) is 5.82 Å². The minimum atomic E-state index is 0.500. The van der Waals surface area contributed by atoms with Crippen molar-refractivity contribution in [3.63, 3.8) is 0 Å². The summed E-state index contributed by atoms with van der Waals surface area (Å²) in [6.07, 6.45) is 4.98. The Balaban J connectivity index is 1.68. The minimum absolute atomic E-state index is 0.500. The van der Waals surface area contributed by atoms with Crippen LogP contribution in [-0.2, 0) is 19.3 Å². The van der Waals surface area contributed by atoms with Gasteiger partial charge in [0.2, 0.25) is 0 Å². The smallest absolute Gasteiger partial charge is 0.150 e. The molecule has 0 bridgehead atoms. The Labute approximate surface area is 153 Å². The molecule has 130 valence electrons. The highest BCUT2D eigenvalue weighted by Gasteiger charge is 2.09. The van der Waals surface area contributed by atoms with Gasteiger partial charge in [0.05, 0.1) is 5.52 Å². The summed E-state index contributed by atoms with van der Waals surface area (Å²) in [4.78, 5) is 9.12. The van der Waals surface area contributed by atoms with Crippen LogP contribution < -0.4 is 5.73 Å². The van der Waals surface area contributed by atoms with E-state index in [1.54, 1.807) is 0 Å². The number of fused-ring (bicyclic) bond motifs is 3. The molecule has 0 fully saturated rings. The van der Waals surface area contributed by atoms with Crippen molar-refractivity contribution in [3.8, 4) is 0 Å². The predicted molar refractivity (Wildman–Crippen MR) is 109 cm³/mol. The van der Waals surface area contributed by atoms with Gasteiger partial charge in [-0.15, -0.1) is 0 Å². The summed E-state index contributed by atoms with van der Waals surface area (Å²) in [5, 5.41) is 2.20. The fourth-order valence-corrected chi connectivity index (χ4v) is 3.43. The number of anilines is 1. The second-order valence-electron chi connectivity index (χ2n) is 6.93. The summed E-state index contributed by atoms with van der Waals surface area (Å²) in [6.45, 7) is 4.25. The Morgan fingerprint density at radius 3 is 2.35 bits per heavy atom. The van der Waals surface area contributed by atoms with Crippen molar-refractivity contribution in [2.24, 2.45) is 0 Å². The molecule has 2 heterocycles. The van der Waals surface area contributed by atoms with Crippen molar-refractivity contribution in [1.29, 1.82) is 0 Å². The average molecular weight is 341 g/mol. The van der Waals surface area contributed by atoms with Crippen molar-refractivity contribution >= 4 is 27.6 Å². The summed E-state index contributed by atoms with van der Waals surface area (Å²) >= 11 is 0. The number of nitrogen functional groups attached to an aromatic ring is 1. The number of hydrogen-bond acceptors (Lipinski definition) is 3. The zero-order valence-corrected chi connectivity index (χ0v) is 15.3. The molecule has 0 radical (unpaired) electrons. The number of pyridine rings is 2. The molecular formula is C23H23N3. The van der Waals surface area contributed by atoms with Crippen molar-refractivity contribution in [1.82, 2.24) is 9.97 Å². The van der Waals surface area contributed by atoms with Crippen LogP contribution >= 0.6 is 0 Å². The summed E-state index contributed by atoms with van der Waals surface area (Å²) < 4.78 is 0. The molecule has 2 aromatic carbocycles. The van der Waals surface area contributed by atoms with Crippen LogP contribution in [0.4, 0.5) is 5.82 Å². The third-order valence-electron chi connectivity index (χ3n) is 5.00. The molecule has 26 heavy (non-hydrogen) atoms. The lowest BCUT2D eigenvalue weighted by atomic mass is 10.0. The van der Waals surface area contributed by atoms with Crippen molar-refractivity contribution in [2.45, 2.75) is 33.1 Å². The summed E-state index contributed by atoms with van der Waals surface area (Å²) in [5.41, 5.74) is 13.0. The first-order valence-corrected chi connectivity index (χ1v) is 9.16. The minimum Gasteiger partial charge on any atom is -0.382 e. The molecular weight excluding hydrogens is 318 g/mol. The highest BCUT2D eigenvalue weighted by atomic mass is 14.9. The fourth-order valence-electron chi connectivity index (χ4n) is 3.43. The topological polar surface area (TPSA) is 51.8 Å². The number of rotatable bonds is 4. The zero-order valence-electron chi connectivity index (χ0n) is 15.3. The Kier molecular flexibility index (Phi) is 4.29. The SMILES string of the molecule is CCc1ccc(CCc2cnc3c(N)nc4cc(C)ccc4c3c2)cc1. The first-order chi connectivity index (χ1) is 12.6. The molecule has 0 spiro atoms. The average Bonchev–Trinajstić information content (AvgIpc) is 2.66. The van der Waals surface area contributed by atoms with E-state index in [9.17, 15) is 0 Å². The monoisotopic (exact) mass is 341 g/mol.